The largest absolute Gasteiger partial charge is 0.493 e. The highest BCUT2D eigenvalue weighted by Crippen LogP contribution is 2.26. The van der Waals surface area contributed by atoms with E-state index in [1.165, 1.54) is 31.2 Å². The second kappa shape index (κ2) is 8.18. The van der Waals surface area contributed by atoms with E-state index in [9.17, 15) is 0 Å². The first kappa shape index (κ1) is 14.4. The van der Waals surface area contributed by atoms with Crippen molar-refractivity contribution < 1.29 is 9.47 Å². The van der Waals surface area contributed by atoms with Crippen LogP contribution < -0.4 is 10.1 Å². The molecule has 0 atom stereocenters. The van der Waals surface area contributed by atoms with E-state index in [2.05, 4.69) is 23.5 Å². The minimum absolute atomic E-state index is 0.741. The van der Waals surface area contributed by atoms with E-state index in [1.807, 2.05) is 6.07 Å². The lowest BCUT2D eigenvalue weighted by atomic mass is 10.1. The Morgan fingerprint density at radius 1 is 1.21 bits per heavy atom. The lowest BCUT2D eigenvalue weighted by Crippen LogP contribution is -2.19. The molecule has 0 saturated heterocycles. The van der Waals surface area contributed by atoms with Crippen molar-refractivity contribution in [2.24, 2.45) is 5.92 Å². The minimum Gasteiger partial charge on any atom is -0.493 e. The summed E-state index contributed by atoms with van der Waals surface area (Å²) < 4.78 is 11.0. The Balaban J connectivity index is 1.80. The van der Waals surface area contributed by atoms with Crippen molar-refractivity contribution in [2.45, 2.75) is 32.2 Å². The number of nitrogens with one attached hydrogen (secondary N) is 1. The summed E-state index contributed by atoms with van der Waals surface area (Å²) in [5, 5.41) is 3.37. The molecule has 0 heterocycles. The van der Waals surface area contributed by atoms with Crippen LogP contribution in [0.15, 0.2) is 24.3 Å². The zero-order chi connectivity index (χ0) is 13.3. The zero-order valence-electron chi connectivity index (χ0n) is 11.9. The molecule has 0 aromatic heterocycles. The van der Waals surface area contributed by atoms with Crippen LogP contribution in [0.4, 0.5) is 0 Å². The highest BCUT2D eigenvalue weighted by atomic mass is 16.5. The Bertz CT molecular complexity index is 362. The van der Waals surface area contributed by atoms with Gasteiger partial charge in [-0.05, 0) is 24.8 Å². The second-order valence-corrected chi connectivity index (χ2v) is 5.24. The van der Waals surface area contributed by atoms with Crippen molar-refractivity contribution >= 4 is 0 Å². The molecule has 3 nitrogen and oxygen atoms in total. The highest BCUT2D eigenvalue weighted by molar-refractivity contribution is 5.33. The van der Waals surface area contributed by atoms with E-state index in [0.29, 0.717) is 0 Å². The quantitative estimate of drug-likeness (QED) is 0.731. The van der Waals surface area contributed by atoms with E-state index in [4.69, 9.17) is 9.47 Å². The number of hydrogen-bond donors (Lipinski definition) is 1. The van der Waals surface area contributed by atoms with Gasteiger partial charge in [0, 0.05) is 25.8 Å². The van der Waals surface area contributed by atoms with Crippen molar-refractivity contribution in [1.82, 2.24) is 5.32 Å². The van der Waals surface area contributed by atoms with Gasteiger partial charge in [-0.25, -0.2) is 0 Å². The molecule has 3 heteroatoms. The van der Waals surface area contributed by atoms with Crippen LogP contribution in [-0.2, 0) is 11.3 Å². The molecule has 1 aromatic carbocycles. The van der Waals surface area contributed by atoms with Gasteiger partial charge in [0.25, 0.3) is 0 Å². The summed E-state index contributed by atoms with van der Waals surface area (Å²) in [5.74, 6) is 1.79. The molecule has 1 aromatic rings. The number of methoxy groups -OCH3 is 1. The van der Waals surface area contributed by atoms with Crippen LogP contribution in [0.25, 0.3) is 0 Å². The van der Waals surface area contributed by atoms with Crippen molar-refractivity contribution in [1.29, 1.82) is 0 Å². The summed E-state index contributed by atoms with van der Waals surface area (Å²) in [5.41, 5.74) is 1.23. The Morgan fingerprint density at radius 3 is 2.79 bits per heavy atom. The normalized spacial score (nSPS) is 15.8. The summed E-state index contributed by atoms with van der Waals surface area (Å²) in [6.45, 7) is 3.32. The fourth-order valence-electron chi connectivity index (χ4n) is 2.57. The average Bonchev–Trinajstić information content (AvgIpc) is 2.96. The molecule has 106 valence electrons. The van der Waals surface area contributed by atoms with E-state index in [1.54, 1.807) is 7.11 Å². The molecule has 1 fully saturated rings. The maximum Gasteiger partial charge on any atom is 0.123 e. The van der Waals surface area contributed by atoms with Crippen LogP contribution in [-0.4, -0.2) is 26.9 Å². The third-order valence-corrected chi connectivity index (χ3v) is 3.72. The molecule has 0 spiro atoms. The smallest absolute Gasteiger partial charge is 0.123 e. The van der Waals surface area contributed by atoms with Gasteiger partial charge in [0.1, 0.15) is 5.75 Å². The van der Waals surface area contributed by atoms with Crippen molar-refractivity contribution in [3.8, 4) is 5.75 Å². The average molecular weight is 263 g/mol. The van der Waals surface area contributed by atoms with E-state index >= 15 is 0 Å². The molecule has 19 heavy (non-hydrogen) atoms. The molecule has 1 aliphatic rings. The lowest BCUT2D eigenvalue weighted by molar-refractivity contribution is 0.198. The number of para-hydroxylation sites is 1. The molecule has 1 N–H and O–H groups in total. The van der Waals surface area contributed by atoms with E-state index in [0.717, 1.165) is 38.0 Å². The number of benzene rings is 1. The summed E-state index contributed by atoms with van der Waals surface area (Å²) in [7, 11) is 1.72. The van der Waals surface area contributed by atoms with Crippen molar-refractivity contribution in [3.63, 3.8) is 0 Å². The Labute approximate surface area is 116 Å². The molecular weight excluding hydrogens is 238 g/mol. The maximum atomic E-state index is 6.01. The van der Waals surface area contributed by atoms with Gasteiger partial charge in [-0.1, -0.05) is 31.0 Å². The highest BCUT2D eigenvalue weighted by Gasteiger charge is 2.16. The van der Waals surface area contributed by atoms with Gasteiger partial charge in [0.15, 0.2) is 0 Å². The Kier molecular flexibility index (Phi) is 6.18. The summed E-state index contributed by atoms with van der Waals surface area (Å²) in [4.78, 5) is 0. The molecule has 0 aliphatic heterocycles. The van der Waals surface area contributed by atoms with Crippen LogP contribution in [0, 0.1) is 5.92 Å². The minimum atomic E-state index is 0.741. The fraction of sp³-hybridized carbons (Fsp3) is 0.625. The van der Waals surface area contributed by atoms with E-state index < -0.39 is 0 Å². The molecule has 0 bridgehead atoms. The molecule has 1 aliphatic carbocycles. The predicted octanol–water partition coefficient (Wildman–Crippen LogP) is 2.99. The zero-order valence-corrected chi connectivity index (χ0v) is 11.9. The summed E-state index contributed by atoms with van der Waals surface area (Å²) in [6, 6.07) is 8.31. The van der Waals surface area contributed by atoms with Gasteiger partial charge in [-0.2, -0.15) is 0 Å². The fourth-order valence-corrected chi connectivity index (χ4v) is 2.57. The topological polar surface area (TPSA) is 30.5 Å². The number of rotatable bonds is 8. The molecular formula is C16H25NO2. The SMILES string of the molecule is COCCNCc1ccccc1OCC1CCCC1. The lowest BCUT2D eigenvalue weighted by Gasteiger charge is -2.15. The Hall–Kier alpha value is -1.06. The first-order chi connectivity index (χ1) is 9.40. The molecule has 0 amide bonds. The van der Waals surface area contributed by atoms with E-state index in [-0.39, 0.29) is 0 Å². The molecule has 2 rings (SSSR count). The third kappa shape index (κ3) is 4.84. The van der Waals surface area contributed by atoms with Gasteiger partial charge in [0.2, 0.25) is 0 Å². The van der Waals surface area contributed by atoms with Crippen LogP contribution in [0.2, 0.25) is 0 Å². The van der Waals surface area contributed by atoms with Gasteiger partial charge < -0.3 is 14.8 Å². The molecule has 0 unspecified atom stereocenters. The maximum absolute atomic E-state index is 6.01. The van der Waals surface area contributed by atoms with Crippen LogP contribution in [0.1, 0.15) is 31.2 Å². The predicted molar refractivity (Wildman–Crippen MR) is 77.5 cm³/mol. The van der Waals surface area contributed by atoms with Crippen molar-refractivity contribution in [2.75, 3.05) is 26.9 Å². The number of hydrogen-bond acceptors (Lipinski definition) is 3. The van der Waals surface area contributed by atoms with Gasteiger partial charge >= 0.3 is 0 Å². The Morgan fingerprint density at radius 2 is 2.00 bits per heavy atom. The monoisotopic (exact) mass is 263 g/mol. The van der Waals surface area contributed by atoms with Crippen LogP contribution >= 0.6 is 0 Å². The third-order valence-electron chi connectivity index (χ3n) is 3.72. The summed E-state index contributed by atoms with van der Waals surface area (Å²) >= 11 is 0. The molecule has 1 saturated carbocycles. The summed E-state index contributed by atoms with van der Waals surface area (Å²) in [6.07, 6.45) is 5.39. The van der Waals surface area contributed by atoms with Crippen LogP contribution in [0.5, 0.6) is 5.75 Å². The van der Waals surface area contributed by atoms with Gasteiger partial charge in [-0.15, -0.1) is 0 Å². The number of ether oxygens (including phenoxy) is 2. The van der Waals surface area contributed by atoms with Gasteiger partial charge in [-0.3, -0.25) is 0 Å². The standard InChI is InChI=1S/C16H25NO2/c1-18-11-10-17-12-15-8-4-5-9-16(15)19-13-14-6-2-3-7-14/h4-5,8-9,14,17H,2-3,6-7,10-13H2,1H3. The molecule has 0 radical (unpaired) electrons. The van der Waals surface area contributed by atoms with Crippen molar-refractivity contribution in [3.05, 3.63) is 29.8 Å². The second-order valence-electron chi connectivity index (χ2n) is 5.24. The first-order valence-electron chi connectivity index (χ1n) is 7.30. The van der Waals surface area contributed by atoms with Gasteiger partial charge in [0.05, 0.1) is 13.2 Å². The first-order valence-corrected chi connectivity index (χ1v) is 7.30. The van der Waals surface area contributed by atoms with Crippen LogP contribution in [0.3, 0.4) is 0 Å².